The molecule has 9 heteroatoms. The zero-order valence-electron chi connectivity index (χ0n) is 12.2. The largest absolute Gasteiger partial charge is 0.550 e. The Hall–Kier alpha value is -2.39. The first kappa shape index (κ1) is 18.0. The predicted octanol–water partition coefficient (Wildman–Crippen LogP) is -0.314. The van der Waals surface area contributed by atoms with Crippen molar-refractivity contribution in [3.05, 3.63) is 41.2 Å². The fourth-order valence-corrected chi connectivity index (χ4v) is 3.29. The lowest BCUT2D eigenvalue weighted by atomic mass is 10.1. The molecule has 0 aliphatic carbocycles. The number of thiocarbonyl (C=S) groups is 1. The van der Waals surface area contributed by atoms with E-state index in [4.69, 9.17) is 16.6 Å². The van der Waals surface area contributed by atoms with E-state index >= 15 is 0 Å². The van der Waals surface area contributed by atoms with Gasteiger partial charge in [-0.25, -0.2) is 0 Å². The molecule has 1 amide bonds. The highest BCUT2D eigenvalue weighted by Crippen LogP contribution is 2.33. The van der Waals surface area contributed by atoms with E-state index in [2.05, 4.69) is 0 Å². The Morgan fingerprint density at radius 3 is 2.75 bits per heavy atom. The summed E-state index contributed by atoms with van der Waals surface area (Å²) in [6.07, 6.45) is 5.31. The Morgan fingerprint density at radius 2 is 2.17 bits per heavy atom. The lowest BCUT2D eigenvalue weighted by molar-refractivity contribution is -0.311. The molecule has 0 N–H and O–H groups in total. The number of carbonyl (C=O) groups is 3. The molecule has 2 rings (SSSR count). The van der Waals surface area contributed by atoms with E-state index < -0.39 is 30.3 Å². The Balaban J connectivity index is 2.14. The Labute approximate surface area is 146 Å². The number of furan rings is 1. The third kappa shape index (κ3) is 4.33. The molecule has 7 nitrogen and oxygen atoms in total. The van der Waals surface area contributed by atoms with Gasteiger partial charge in [-0.2, -0.15) is 0 Å². The topological polar surface area (TPSA) is 114 Å². The minimum absolute atomic E-state index is 0.0326. The van der Waals surface area contributed by atoms with Gasteiger partial charge in [-0.15, -0.1) is 0 Å². The zero-order chi connectivity index (χ0) is 17.7. The average molecular weight is 365 g/mol. The van der Waals surface area contributed by atoms with Gasteiger partial charge in [0, 0.05) is 5.97 Å². The first-order chi connectivity index (χ1) is 11.4. The molecule has 1 aromatic heterocycles. The number of carboxylic acids is 2. The van der Waals surface area contributed by atoms with Crippen molar-refractivity contribution < 1.29 is 29.0 Å². The number of hydrogen-bond donors (Lipinski definition) is 0. The van der Waals surface area contributed by atoms with Gasteiger partial charge in [0.05, 0.1) is 23.2 Å². The second-order valence-electron chi connectivity index (χ2n) is 4.69. The maximum atomic E-state index is 12.3. The van der Waals surface area contributed by atoms with Crippen LogP contribution in [0.4, 0.5) is 0 Å². The number of hydrogen-bond acceptors (Lipinski definition) is 8. The monoisotopic (exact) mass is 365 g/mol. The van der Waals surface area contributed by atoms with Crippen LogP contribution in [0.1, 0.15) is 18.6 Å². The fourth-order valence-electron chi connectivity index (χ4n) is 1.99. The molecule has 0 unspecified atom stereocenters. The van der Waals surface area contributed by atoms with E-state index in [1.54, 1.807) is 24.3 Å². The number of carboxylic acid groups (broad SMARTS) is 2. The van der Waals surface area contributed by atoms with Crippen LogP contribution in [0.15, 0.2) is 39.9 Å². The van der Waals surface area contributed by atoms with Crippen LogP contribution in [0.5, 0.6) is 0 Å². The molecule has 1 aliphatic heterocycles. The van der Waals surface area contributed by atoms with Crippen molar-refractivity contribution in [1.82, 2.24) is 4.90 Å². The molecule has 0 aromatic carbocycles. The molecule has 0 bridgehead atoms. The van der Waals surface area contributed by atoms with Crippen molar-refractivity contribution in [3.8, 4) is 0 Å². The Morgan fingerprint density at radius 1 is 1.42 bits per heavy atom. The lowest BCUT2D eigenvalue weighted by Crippen LogP contribution is -2.50. The van der Waals surface area contributed by atoms with Crippen LogP contribution in [0.2, 0.25) is 0 Å². The van der Waals surface area contributed by atoms with Crippen LogP contribution >= 0.6 is 24.0 Å². The molecular weight excluding hydrogens is 354 g/mol. The number of rotatable bonds is 7. The molecule has 24 heavy (non-hydrogen) atoms. The van der Waals surface area contributed by atoms with Crippen LogP contribution < -0.4 is 10.2 Å². The SMILES string of the molecule is O=C([O-])CC[C@@H](C(=O)[O-])N1C(=O)/C(=C/C=C/c2ccco2)SC1=S. The van der Waals surface area contributed by atoms with Crippen molar-refractivity contribution >= 4 is 52.2 Å². The molecule has 0 saturated carbocycles. The van der Waals surface area contributed by atoms with Gasteiger partial charge in [-0.05, 0) is 37.1 Å². The van der Waals surface area contributed by atoms with Gasteiger partial charge in [0.15, 0.2) is 0 Å². The molecule has 0 radical (unpaired) electrons. The molecule has 1 saturated heterocycles. The summed E-state index contributed by atoms with van der Waals surface area (Å²) < 4.78 is 5.13. The second kappa shape index (κ2) is 7.93. The van der Waals surface area contributed by atoms with Crippen LogP contribution in [0.25, 0.3) is 6.08 Å². The summed E-state index contributed by atoms with van der Waals surface area (Å²) in [5.74, 6) is -3.01. The summed E-state index contributed by atoms with van der Waals surface area (Å²) in [5, 5.41) is 21.8. The highest BCUT2D eigenvalue weighted by Gasteiger charge is 2.37. The van der Waals surface area contributed by atoms with E-state index in [0.29, 0.717) is 5.76 Å². The molecule has 1 fully saturated rings. The van der Waals surface area contributed by atoms with Crippen LogP contribution in [-0.4, -0.2) is 33.1 Å². The number of carbonyl (C=O) groups excluding carboxylic acids is 3. The normalized spacial score (nSPS) is 17.8. The molecule has 2 heterocycles. The summed E-state index contributed by atoms with van der Waals surface area (Å²) in [5.41, 5.74) is 0. The van der Waals surface area contributed by atoms with Gasteiger partial charge in [-0.3, -0.25) is 9.69 Å². The van der Waals surface area contributed by atoms with Crippen molar-refractivity contribution in [3.63, 3.8) is 0 Å². The maximum Gasteiger partial charge on any atom is 0.266 e. The fraction of sp³-hybridized carbons (Fsp3) is 0.200. The van der Waals surface area contributed by atoms with Crippen molar-refractivity contribution in [2.24, 2.45) is 0 Å². The molecule has 126 valence electrons. The Bertz CT molecular complexity index is 722. The number of thioether (sulfide) groups is 1. The first-order valence-electron chi connectivity index (χ1n) is 6.78. The van der Waals surface area contributed by atoms with Gasteiger partial charge in [-0.1, -0.05) is 30.1 Å². The molecule has 0 spiro atoms. The lowest BCUT2D eigenvalue weighted by Gasteiger charge is -2.27. The summed E-state index contributed by atoms with van der Waals surface area (Å²) >= 11 is 5.96. The van der Waals surface area contributed by atoms with Crippen molar-refractivity contribution in [2.75, 3.05) is 0 Å². The minimum atomic E-state index is -1.57. The quantitative estimate of drug-likeness (QED) is 0.477. The number of aliphatic carboxylic acids is 2. The van der Waals surface area contributed by atoms with E-state index in [9.17, 15) is 24.6 Å². The van der Waals surface area contributed by atoms with Gasteiger partial charge in [0.25, 0.3) is 5.91 Å². The van der Waals surface area contributed by atoms with Crippen LogP contribution in [0.3, 0.4) is 0 Å². The number of nitrogens with zero attached hydrogens (tertiary/aromatic N) is 1. The van der Waals surface area contributed by atoms with E-state index in [1.165, 1.54) is 12.3 Å². The van der Waals surface area contributed by atoms with Crippen LogP contribution in [-0.2, 0) is 14.4 Å². The minimum Gasteiger partial charge on any atom is -0.550 e. The van der Waals surface area contributed by atoms with Crippen molar-refractivity contribution in [2.45, 2.75) is 18.9 Å². The number of amides is 1. The Kier molecular flexibility index (Phi) is 5.93. The summed E-state index contributed by atoms with van der Waals surface area (Å²) in [7, 11) is 0. The van der Waals surface area contributed by atoms with Gasteiger partial charge in [0.1, 0.15) is 10.1 Å². The molecule has 1 aliphatic rings. The van der Waals surface area contributed by atoms with Crippen LogP contribution in [0, 0.1) is 0 Å². The third-order valence-electron chi connectivity index (χ3n) is 3.08. The summed E-state index contributed by atoms with van der Waals surface area (Å²) in [4.78, 5) is 35.2. The highest BCUT2D eigenvalue weighted by atomic mass is 32.2. The maximum absolute atomic E-state index is 12.3. The number of allylic oxidation sites excluding steroid dienone is 2. The standard InChI is InChI=1S/C15H13NO6S2/c17-12(18)7-6-10(14(20)21)16-13(19)11(24-15(16)23)5-1-3-9-4-2-8-22-9/h1-5,8,10H,6-7H2,(H,17,18)(H,20,21)/p-2/b3-1+,11-5-/t10-/m0/s1. The predicted molar refractivity (Wildman–Crippen MR) is 85.9 cm³/mol. The van der Waals surface area contributed by atoms with Gasteiger partial charge >= 0.3 is 0 Å². The highest BCUT2D eigenvalue weighted by molar-refractivity contribution is 8.26. The molecule has 1 aromatic rings. The summed E-state index contributed by atoms with van der Waals surface area (Å²) in [6, 6.07) is 1.98. The van der Waals surface area contributed by atoms with Crippen molar-refractivity contribution in [1.29, 1.82) is 0 Å². The molecule has 1 atom stereocenters. The second-order valence-corrected chi connectivity index (χ2v) is 6.37. The van der Waals surface area contributed by atoms with E-state index in [-0.39, 0.29) is 15.6 Å². The molecular formula is C15H11NO6S2-2. The first-order valence-corrected chi connectivity index (χ1v) is 8.00. The average Bonchev–Trinajstić information content (AvgIpc) is 3.10. The zero-order valence-corrected chi connectivity index (χ0v) is 13.8. The smallest absolute Gasteiger partial charge is 0.266 e. The van der Waals surface area contributed by atoms with E-state index in [0.717, 1.165) is 16.7 Å². The van der Waals surface area contributed by atoms with E-state index in [1.807, 2.05) is 0 Å². The third-order valence-corrected chi connectivity index (χ3v) is 4.43. The van der Waals surface area contributed by atoms with Gasteiger partial charge in [0.2, 0.25) is 0 Å². The van der Waals surface area contributed by atoms with Gasteiger partial charge < -0.3 is 24.2 Å². The summed E-state index contributed by atoms with van der Waals surface area (Å²) in [6.45, 7) is 0.